The van der Waals surface area contributed by atoms with Crippen molar-refractivity contribution in [3.63, 3.8) is 0 Å². The second-order valence-electron chi connectivity index (χ2n) is 6.62. The van der Waals surface area contributed by atoms with Crippen molar-refractivity contribution < 1.29 is 0 Å². The molecule has 1 aromatic heterocycles. The largest absolute Gasteiger partial charge is 0.357 e. The smallest absolute Gasteiger partial charge is 0.191 e. The molecule has 2 N–H and O–H groups in total. The van der Waals surface area contributed by atoms with Gasteiger partial charge in [0, 0.05) is 38.8 Å². The minimum Gasteiger partial charge on any atom is -0.357 e. The van der Waals surface area contributed by atoms with Crippen LogP contribution >= 0.6 is 0 Å². The van der Waals surface area contributed by atoms with Crippen LogP contribution in [0.15, 0.2) is 4.99 Å². The van der Waals surface area contributed by atoms with Crippen molar-refractivity contribution in [1.82, 2.24) is 30.3 Å². The van der Waals surface area contributed by atoms with Crippen LogP contribution in [0, 0.1) is 6.92 Å². The fraction of sp³-hybridized carbons (Fsp3) is 0.824. The molecule has 24 heavy (non-hydrogen) atoms. The minimum absolute atomic E-state index is 0.525. The Hall–Kier alpha value is -1.63. The summed E-state index contributed by atoms with van der Waals surface area (Å²) >= 11 is 0. The van der Waals surface area contributed by atoms with Crippen LogP contribution in [-0.2, 0) is 13.6 Å². The van der Waals surface area contributed by atoms with Gasteiger partial charge in [-0.3, -0.25) is 4.90 Å². The topological polar surface area (TPSA) is 70.4 Å². The van der Waals surface area contributed by atoms with E-state index < -0.39 is 0 Å². The highest BCUT2D eigenvalue weighted by atomic mass is 15.3. The number of nitrogens with zero attached hydrogens (tertiary/aromatic N) is 5. The van der Waals surface area contributed by atoms with E-state index >= 15 is 0 Å². The summed E-state index contributed by atoms with van der Waals surface area (Å²) in [5.74, 6) is 2.61. The van der Waals surface area contributed by atoms with Crippen molar-refractivity contribution >= 4 is 5.96 Å². The van der Waals surface area contributed by atoms with Crippen LogP contribution in [0.1, 0.15) is 52.7 Å². The van der Waals surface area contributed by atoms with Gasteiger partial charge in [0.2, 0.25) is 0 Å². The first-order chi connectivity index (χ1) is 11.4. The van der Waals surface area contributed by atoms with Gasteiger partial charge in [-0.15, -0.1) is 10.2 Å². The van der Waals surface area contributed by atoms with E-state index in [-0.39, 0.29) is 0 Å². The first-order valence-electron chi connectivity index (χ1n) is 8.99. The Morgan fingerprint density at radius 2 is 1.83 bits per heavy atom. The molecule has 0 bridgehead atoms. The molecule has 0 aliphatic heterocycles. The van der Waals surface area contributed by atoms with Crippen molar-refractivity contribution in [3.8, 4) is 0 Å². The summed E-state index contributed by atoms with van der Waals surface area (Å²) in [5.41, 5.74) is 0. The predicted octanol–water partition coefficient (Wildman–Crippen LogP) is 1.69. The Balaban J connectivity index is 2.48. The number of hydrogen-bond acceptors (Lipinski definition) is 4. The number of aromatic nitrogens is 3. The van der Waals surface area contributed by atoms with Gasteiger partial charge in [0.1, 0.15) is 12.4 Å². The molecule has 0 radical (unpaired) electrons. The lowest BCUT2D eigenvalue weighted by Gasteiger charge is -2.30. The second kappa shape index (κ2) is 10.3. The van der Waals surface area contributed by atoms with Crippen LogP contribution in [0.25, 0.3) is 0 Å². The van der Waals surface area contributed by atoms with Crippen LogP contribution in [0.4, 0.5) is 0 Å². The summed E-state index contributed by atoms with van der Waals surface area (Å²) in [6, 6.07) is 1.15. The highest BCUT2D eigenvalue weighted by molar-refractivity contribution is 5.79. The lowest BCUT2D eigenvalue weighted by atomic mass is 10.2. The molecule has 7 nitrogen and oxygen atoms in total. The van der Waals surface area contributed by atoms with Crippen molar-refractivity contribution in [3.05, 3.63) is 11.6 Å². The molecule has 1 aromatic rings. The second-order valence-corrected chi connectivity index (χ2v) is 6.62. The highest BCUT2D eigenvalue weighted by Gasteiger charge is 2.12. The number of hydrogen-bond donors (Lipinski definition) is 2. The molecule has 1 heterocycles. The minimum atomic E-state index is 0.525. The van der Waals surface area contributed by atoms with E-state index in [1.165, 1.54) is 0 Å². The van der Waals surface area contributed by atoms with Crippen LogP contribution in [0.5, 0.6) is 0 Å². The summed E-state index contributed by atoms with van der Waals surface area (Å²) in [5, 5.41) is 14.9. The summed E-state index contributed by atoms with van der Waals surface area (Å²) in [7, 11) is 1.97. The molecule has 0 unspecified atom stereocenters. The Morgan fingerprint density at radius 1 is 1.17 bits per heavy atom. The van der Waals surface area contributed by atoms with Gasteiger partial charge in [-0.25, -0.2) is 4.99 Å². The van der Waals surface area contributed by atoms with Crippen LogP contribution in [-0.4, -0.2) is 57.3 Å². The van der Waals surface area contributed by atoms with E-state index in [0.29, 0.717) is 18.6 Å². The number of nitrogens with one attached hydrogen (secondary N) is 2. The zero-order valence-corrected chi connectivity index (χ0v) is 16.4. The molecule has 0 amide bonds. The zero-order chi connectivity index (χ0) is 18.1. The molecule has 0 spiro atoms. The summed E-state index contributed by atoms with van der Waals surface area (Å²) < 4.78 is 1.97. The lowest BCUT2D eigenvalue weighted by molar-refractivity contribution is 0.173. The molecule has 0 saturated carbocycles. The number of guanidine groups is 1. The van der Waals surface area contributed by atoms with Crippen LogP contribution in [0.2, 0.25) is 0 Å². The lowest BCUT2D eigenvalue weighted by Crippen LogP contribution is -2.41. The van der Waals surface area contributed by atoms with E-state index in [1.807, 2.05) is 18.5 Å². The number of aliphatic imine (C=N–C) groups is 1. The number of rotatable bonds is 9. The van der Waals surface area contributed by atoms with Gasteiger partial charge < -0.3 is 15.2 Å². The van der Waals surface area contributed by atoms with Gasteiger partial charge >= 0.3 is 0 Å². The molecule has 1 rings (SSSR count). The standard InChI is InChI=1S/C17H35N7/c1-8-18-17(20-12-16-22-21-15(6)23(16)7)19-10-9-11-24(13(2)3)14(4)5/h13-14H,8-12H2,1-7H3,(H2,18,19,20). The molecule has 0 aliphatic carbocycles. The van der Waals surface area contributed by atoms with Crippen LogP contribution in [0.3, 0.4) is 0 Å². The van der Waals surface area contributed by atoms with Crippen molar-refractivity contribution in [2.75, 3.05) is 19.6 Å². The Morgan fingerprint density at radius 3 is 2.33 bits per heavy atom. The molecule has 138 valence electrons. The monoisotopic (exact) mass is 337 g/mol. The fourth-order valence-corrected chi connectivity index (χ4v) is 2.66. The average Bonchev–Trinajstić information content (AvgIpc) is 2.83. The van der Waals surface area contributed by atoms with Gasteiger partial charge in [-0.05, 0) is 48.0 Å². The van der Waals surface area contributed by atoms with E-state index in [0.717, 1.165) is 43.7 Å². The molecular formula is C17H35N7. The van der Waals surface area contributed by atoms with Gasteiger partial charge in [0.15, 0.2) is 11.8 Å². The van der Waals surface area contributed by atoms with E-state index in [9.17, 15) is 0 Å². The normalized spacial score (nSPS) is 12.5. The van der Waals surface area contributed by atoms with Crippen LogP contribution < -0.4 is 10.6 Å². The predicted molar refractivity (Wildman–Crippen MR) is 100 cm³/mol. The molecule has 0 atom stereocenters. The molecule has 0 saturated heterocycles. The molecule has 0 aromatic carbocycles. The van der Waals surface area contributed by atoms with Crippen molar-refractivity contribution in [2.45, 2.75) is 66.6 Å². The first kappa shape index (κ1) is 20.4. The Bertz CT molecular complexity index is 497. The fourth-order valence-electron chi connectivity index (χ4n) is 2.66. The van der Waals surface area contributed by atoms with E-state index in [2.05, 4.69) is 65.3 Å². The zero-order valence-electron chi connectivity index (χ0n) is 16.4. The third kappa shape index (κ3) is 6.47. The SMILES string of the molecule is CCNC(=NCc1nnc(C)n1C)NCCCN(C(C)C)C(C)C. The maximum atomic E-state index is 4.60. The van der Waals surface area contributed by atoms with Gasteiger partial charge in [-0.1, -0.05) is 0 Å². The van der Waals surface area contributed by atoms with E-state index in [4.69, 9.17) is 0 Å². The summed E-state index contributed by atoms with van der Waals surface area (Å²) in [6.07, 6.45) is 1.09. The number of aryl methyl sites for hydroxylation is 1. The van der Waals surface area contributed by atoms with Crippen molar-refractivity contribution in [2.24, 2.45) is 12.0 Å². The Kier molecular flexibility index (Phi) is 8.74. The highest BCUT2D eigenvalue weighted by Crippen LogP contribution is 2.05. The third-order valence-electron chi connectivity index (χ3n) is 4.12. The first-order valence-corrected chi connectivity index (χ1v) is 8.99. The molecular weight excluding hydrogens is 302 g/mol. The maximum absolute atomic E-state index is 4.60. The van der Waals surface area contributed by atoms with Crippen molar-refractivity contribution in [1.29, 1.82) is 0 Å². The molecule has 7 heteroatoms. The third-order valence-corrected chi connectivity index (χ3v) is 4.12. The van der Waals surface area contributed by atoms with Gasteiger partial charge in [-0.2, -0.15) is 0 Å². The quantitative estimate of drug-likeness (QED) is 0.408. The maximum Gasteiger partial charge on any atom is 0.191 e. The average molecular weight is 338 g/mol. The Labute approximate surface area is 146 Å². The van der Waals surface area contributed by atoms with Gasteiger partial charge in [0.25, 0.3) is 0 Å². The van der Waals surface area contributed by atoms with Gasteiger partial charge in [0.05, 0.1) is 0 Å². The summed E-state index contributed by atoms with van der Waals surface area (Å²) in [4.78, 5) is 7.11. The summed E-state index contributed by atoms with van der Waals surface area (Å²) in [6.45, 7) is 16.4. The van der Waals surface area contributed by atoms with E-state index in [1.54, 1.807) is 0 Å². The molecule has 0 fully saturated rings. The molecule has 0 aliphatic rings.